The first-order valence-corrected chi connectivity index (χ1v) is 3.67. The molecular weight excluding hydrogens is 147 g/mol. The van der Waals surface area contributed by atoms with Crippen LogP contribution in [-0.2, 0) is 3.73 Å². The van der Waals surface area contributed by atoms with Crippen LogP contribution in [0.5, 0.6) is 0 Å². The van der Waals surface area contributed by atoms with E-state index in [0.717, 1.165) is 6.26 Å². The molecule has 0 bridgehead atoms. The summed E-state index contributed by atoms with van der Waals surface area (Å²) in [6, 6.07) is 0. The molecule has 0 aromatic carbocycles. The second-order valence-corrected chi connectivity index (χ2v) is 2.03. The Morgan fingerprint density at radius 3 is 2.17 bits per heavy atom. The monoisotopic (exact) mass is 152 g/mol. The average molecular weight is 152 g/mol. The van der Waals surface area contributed by atoms with Gasteiger partial charge in [0.1, 0.15) is 0 Å². The topological polar surface area (TPSA) is 49.7 Å². The van der Waals surface area contributed by atoms with Crippen LogP contribution in [0.2, 0.25) is 0 Å². The first-order chi connectivity index (χ1) is 2.77. The van der Waals surface area contributed by atoms with Gasteiger partial charge in [0.05, 0.1) is 0 Å². The van der Waals surface area contributed by atoms with E-state index in [1.54, 1.807) is 0 Å². The standard InChI is InChI=1S/C2H5AsO3/c1-2-6-3(4)5/h2,4-5H,1H2. The molecule has 0 rings (SSSR count). The Morgan fingerprint density at radius 2 is 2.17 bits per heavy atom. The Kier molecular flexibility index (Phi) is 3.23. The summed E-state index contributed by atoms with van der Waals surface area (Å²) in [6.07, 6.45) is 1.01. The second-order valence-electron chi connectivity index (χ2n) is 0.525. The van der Waals surface area contributed by atoms with Crippen LogP contribution >= 0.6 is 0 Å². The van der Waals surface area contributed by atoms with Crippen molar-refractivity contribution in [3.8, 4) is 0 Å². The van der Waals surface area contributed by atoms with Crippen molar-refractivity contribution in [2.24, 2.45) is 0 Å². The zero-order valence-corrected chi connectivity index (χ0v) is 4.91. The van der Waals surface area contributed by atoms with Gasteiger partial charge < -0.3 is 0 Å². The zero-order chi connectivity index (χ0) is 4.99. The summed E-state index contributed by atoms with van der Waals surface area (Å²) in [5, 5.41) is 0. The fourth-order valence-electron chi connectivity index (χ4n) is 0.0667. The second kappa shape index (κ2) is 3.22. The SMILES string of the molecule is C=CO[As](O)O. The van der Waals surface area contributed by atoms with Gasteiger partial charge in [-0.25, -0.2) is 0 Å². The van der Waals surface area contributed by atoms with E-state index in [9.17, 15) is 0 Å². The van der Waals surface area contributed by atoms with E-state index in [2.05, 4.69) is 10.3 Å². The van der Waals surface area contributed by atoms with Crippen LogP contribution in [0.15, 0.2) is 12.8 Å². The maximum absolute atomic E-state index is 7.96. The van der Waals surface area contributed by atoms with Gasteiger partial charge in [-0.05, 0) is 0 Å². The molecule has 0 radical (unpaired) electrons. The molecule has 36 valence electrons. The fraction of sp³-hybridized carbons (Fsp3) is 0. The van der Waals surface area contributed by atoms with Gasteiger partial charge in [0.2, 0.25) is 0 Å². The van der Waals surface area contributed by atoms with Gasteiger partial charge in [-0.2, -0.15) is 0 Å². The number of hydrogen-bond acceptors (Lipinski definition) is 3. The molecule has 0 unspecified atom stereocenters. The van der Waals surface area contributed by atoms with E-state index >= 15 is 0 Å². The molecule has 0 aromatic rings. The van der Waals surface area contributed by atoms with Crippen molar-refractivity contribution in [1.82, 2.24) is 0 Å². The van der Waals surface area contributed by atoms with Crippen molar-refractivity contribution in [2.45, 2.75) is 0 Å². The number of rotatable bonds is 2. The summed E-state index contributed by atoms with van der Waals surface area (Å²) in [4.78, 5) is 0. The predicted molar refractivity (Wildman–Crippen MR) is 21.5 cm³/mol. The van der Waals surface area contributed by atoms with Crippen molar-refractivity contribution in [3.05, 3.63) is 12.8 Å². The summed E-state index contributed by atoms with van der Waals surface area (Å²) in [7, 11) is 0. The zero-order valence-electron chi connectivity index (χ0n) is 3.03. The molecule has 0 amide bonds. The quantitative estimate of drug-likeness (QED) is 0.398. The third-order valence-electron chi connectivity index (χ3n) is 0.169. The van der Waals surface area contributed by atoms with Gasteiger partial charge in [-0.15, -0.1) is 0 Å². The summed E-state index contributed by atoms with van der Waals surface area (Å²) in [6.45, 7) is 3.10. The molecule has 0 aliphatic heterocycles. The van der Waals surface area contributed by atoms with E-state index in [4.69, 9.17) is 8.19 Å². The summed E-state index contributed by atoms with van der Waals surface area (Å²) >= 11 is -2.84. The van der Waals surface area contributed by atoms with Crippen molar-refractivity contribution in [2.75, 3.05) is 0 Å². The average Bonchev–Trinajstić information content (AvgIpc) is 1.35. The van der Waals surface area contributed by atoms with Gasteiger partial charge in [0, 0.05) is 0 Å². The third kappa shape index (κ3) is 4.02. The molecule has 4 heteroatoms. The molecule has 0 atom stereocenters. The van der Waals surface area contributed by atoms with Gasteiger partial charge in [0.25, 0.3) is 0 Å². The first kappa shape index (κ1) is 6.02. The maximum atomic E-state index is 7.96. The van der Waals surface area contributed by atoms with Crippen LogP contribution < -0.4 is 0 Å². The Morgan fingerprint density at radius 1 is 1.67 bits per heavy atom. The van der Waals surface area contributed by atoms with E-state index in [1.165, 1.54) is 0 Å². The molecule has 0 aliphatic carbocycles. The van der Waals surface area contributed by atoms with E-state index in [0.29, 0.717) is 0 Å². The van der Waals surface area contributed by atoms with Gasteiger partial charge >= 0.3 is 40.4 Å². The van der Waals surface area contributed by atoms with E-state index in [-0.39, 0.29) is 0 Å². The minimum atomic E-state index is -2.84. The Labute approximate surface area is 41.2 Å². The number of hydrogen-bond donors (Lipinski definition) is 2. The Bertz CT molecular complexity index is 44.1. The van der Waals surface area contributed by atoms with E-state index < -0.39 is 15.7 Å². The van der Waals surface area contributed by atoms with Gasteiger partial charge in [-0.1, -0.05) is 0 Å². The molecule has 0 saturated carbocycles. The van der Waals surface area contributed by atoms with Crippen molar-refractivity contribution in [1.29, 1.82) is 0 Å². The molecule has 6 heavy (non-hydrogen) atoms. The Hall–Kier alpha value is 0.0184. The van der Waals surface area contributed by atoms with Crippen LogP contribution in [0.25, 0.3) is 0 Å². The van der Waals surface area contributed by atoms with Crippen LogP contribution in [0.1, 0.15) is 0 Å². The molecule has 2 N–H and O–H groups in total. The normalized spacial score (nSPS) is 8.50. The van der Waals surface area contributed by atoms with Crippen LogP contribution in [0, 0.1) is 0 Å². The predicted octanol–water partition coefficient (Wildman–Crippen LogP) is -0.884. The van der Waals surface area contributed by atoms with Crippen molar-refractivity contribution >= 4 is 15.7 Å². The van der Waals surface area contributed by atoms with Crippen LogP contribution in [0.4, 0.5) is 0 Å². The molecule has 0 saturated heterocycles. The van der Waals surface area contributed by atoms with E-state index in [1.807, 2.05) is 0 Å². The molecule has 0 aliphatic rings. The molecule has 0 spiro atoms. The molecular formula is C2H5AsO3. The van der Waals surface area contributed by atoms with Gasteiger partial charge in [0.15, 0.2) is 0 Å². The van der Waals surface area contributed by atoms with Crippen LogP contribution in [0.3, 0.4) is 0 Å². The van der Waals surface area contributed by atoms with Gasteiger partial charge in [-0.3, -0.25) is 0 Å². The first-order valence-electron chi connectivity index (χ1n) is 1.23. The molecule has 0 fully saturated rings. The molecule has 0 aromatic heterocycles. The van der Waals surface area contributed by atoms with Crippen molar-refractivity contribution < 1.29 is 11.9 Å². The minimum absolute atomic E-state index is 1.01. The molecule has 3 nitrogen and oxygen atoms in total. The molecule has 0 heterocycles. The Balaban J connectivity index is 2.81. The summed E-state index contributed by atoms with van der Waals surface area (Å²) in [5.41, 5.74) is 0. The summed E-state index contributed by atoms with van der Waals surface area (Å²) < 4.78 is 20.0. The fourth-order valence-corrected chi connectivity index (χ4v) is 0.346. The summed E-state index contributed by atoms with van der Waals surface area (Å²) in [5.74, 6) is 0. The van der Waals surface area contributed by atoms with Crippen LogP contribution in [-0.4, -0.2) is 23.9 Å². The third-order valence-corrected chi connectivity index (χ3v) is 0.877. The van der Waals surface area contributed by atoms with Crippen molar-refractivity contribution in [3.63, 3.8) is 0 Å².